The Kier molecular flexibility index (Phi) is 4.19. The van der Waals surface area contributed by atoms with Gasteiger partial charge in [-0.25, -0.2) is 0 Å². The number of halogens is 3. The number of benzene rings is 1. The quantitative estimate of drug-likeness (QED) is 0.912. The second kappa shape index (κ2) is 5.69. The number of nitrogens with one attached hydrogen (secondary N) is 1. The molecule has 106 valence electrons. The van der Waals surface area contributed by atoms with Gasteiger partial charge in [0, 0.05) is 44.6 Å². The number of rotatable bonds is 3. The molecule has 0 bridgehead atoms. The standard InChI is InChI=1S/C13H18F3N3/c1-17-11-2-4-12(5-3-11)19-8-6-18(7-9-19)10-13(14,15)16/h2-5,17H,6-10H2,1H3. The van der Waals surface area contributed by atoms with E-state index in [4.69, 9.17) is 0 Å². The Labute approximate surface area is 111 Å². The molecule has 1 heterocycles. The Morgan fingerprint density at radius 3 is 2.11 bits per heavy atom. The van der Waals surface area contributed by atoms with Gasteiger partial charge >= 0.3 is 6.18 Å². The molecule has 0 radical (unpaired) electrons. The van der Waals surface area contributed by atoms with Gasteiger partial charge in [-0.2, -0.15) is 13.2 Å². The summed E-state index contributed by atoms with van der Waals surface area (Å²) in [6.07, 6.45) is -4.10. The normalized spacial score (nSPS) is 17.6. The SMILES string of the molecule is CNc1ccc(N2CCN(CC(F)(F)F)CC2)cc1. The molecule has 1 fully saturated rings. The lowest BCUT2D eigenvalue weighted by Crippen LogP contribution is -2.49. The molecule has 1 aromatic carbocycles. The van der Waals surface area contributed by atoms with E-state index in [1.807, 2.05) is 31.3 Å². The second-order valence-electron chi connectivity index (χ2n) is 4.68. The molecule has 1 aliphatic heterocycles. The minimum Gasteiger partial charge on any atom is -0.388 e. The van der Waals surface area contributed by atoms with Gasteiger partial charge < -0.3 is 10.2 Å². The second-order valence-corrected chi connectivity index (χ2v) is 4.68. The summed E-state index contributed by atoms with van der Waals surface area (Å²) >= 11 is 0. The lowest BCUT2D eigenvalue weighted by Gasteiger charge is -2.36. The summed E-state index contributed by atoms with van der Waals surface area (Å²) in [6.45, 7) is 1.37. The number of hydrogen-bond donors (Lipinski definition) is 1. The topological polar surface area (TPSA) is 18.5 Å². The Hall–Kier alpha value is -1.43. The van der Waals surface area contributed by atoms with E-state index in [0.717, 1.165) is 11.4 Å². The third-order valence-corrected chi connectivity index (χ3v) is 3.30. The van der Waals surface area contributed by atoms with Crippen LogP contribution in [0.1, 0.15) is 0 Å². The summed E-state index contributed by atoms with van der Waals surface area (Å²) < 4.78 is 36.8. The van der Waals surface area contributed by atoms with Crippen LogP contribution in [0.5, 0.6) is 0 Å². The van der Waals surface area contributed by atoms with Crippen LogP contribution in [0.3, 0.4) is 0 Å². The van der Waals surface area contributed by atoms with Crippen LogP contribution in [-0.2, 0) is 0 Å². The molecular weight excluding hydrogens is 255 g/mol. The highest BCUT2D eigenvalue weighted by molar-refractivity contribution is 5.55. The average Bonchev–Trinajstić information content (AvgIpc) is 2.38. The molecule has 19 heavy (non-hydrogen) atoms. The fourth-order valence-corrected chi connectivity index (χ4v) is 2.26. The molecule has 1 aromatic rings. The number of hydrogen-bond acceptors (Lipinski definition) is 3. The molecule has 3 nitrogen and oxygen atoms in total. The summed E-state index contributed by atoms with van der Waals surface area (Å²) in [7, 11) is 1.85. The molecular formula is C13H18F3N3. The molecule has 0 aromatic heterocycles. The van der Waals surface area contributed by atoms with Crippen LogP contribution in [0, 0.1) is 0 Å². The van der Waals surface area contributed by atoms with Gasteiger partial charge in [-0.3, -0.25) is 4.90 Å². The zero-order valence-electron chi connectivity index (χ0n) is 10.9. The Balaban J connectivity index is 1.88. The predicted molar refractivity (Wildman–Crippen MR) is 70.7 cm³/mol. The molecule has 1 aliphatic rings. The molecule has 0 atom stereocenters. The van der Waals surface area contributed by atoms with E-state index in [1.54, 1.807) is 0 Å². The highest BCUT2D eigenvalue weighted by Gasteiger charge is 2.32. The van der Waals surface area contributed by atoms with Crippen LogP contribution in [0.2, 0.25) is 0 Å². The third kappa shape index (κ3) is 4.02. The van der Waals surface area contributed by atoms with Crippen LogP contribution in [-0.4, -0.2) is 50.8 Å². The first-order valence-corrected chi connectivity index (χ1v) is 6.30. The van der Waals surface area contributed by atoms with Crippen LogP contribution in [0.25, 0.3) is 0 Å². The van der Waals surface area contributed by atoms with Gasteiger partial charge in [-0.1, -0.05) is 0 Å². The van der Waals surface area contributed by atoms with Crippen LogP contribution >= 0.6 is 0 Å². The number of nitrogens with zero attached hydrogens (tertiary/aromatic N) is 2. The first-order chi connectivity index (χ1) is 8.98. The molecule has 0 aliphatic carbocycles. The van der Waals surface area contributed by atoms with Gasteiger partial charge in [0.1, 0.15) is 0 Å². The van der Waals surface area contributed by atoms with E-state index < -0.39 is 12.7 Å². The van der Waals surface area contributed by atoms with Crippen molar-refractivity contribution >= 4 is 11.4 Å². The van der Waals surface area contributed by atoms with Crippen molar-refractivity contribution in [3.63, 3.8) is 0 Å². The number of piperazine rings is 1. The van der Waals surface area contributed by atoms with Gasteiger partial charge in [-0.15, -0.1) is 0 Å². The van der Waals surface area contributed by atoms with E-state index in [0.29, 0.717) is 26.2 Å². The van der Waals surface area contributed by atoms with Gasteiger partial charge in [0.25, 0.3) is 0 Å². The molecule has 6 heteroatoms. The van der Waals surface area contributed by atoms with Crippen LogP contribution in [0.15, 0.2) is 24.3 Å². The smallest absolute Gasteiger partial charge is 0.388 e. The average molecular weight is 273 g/mol. The molecule has 0 spiro atoms. The summed E-state index contributed by atoms with van der Waals surface area (Å²) in [6, 6.07) is 7.92. The van der Waals surface area contributed by atoms with Gasteiger partial charge in [0.05, 0.1) is 6.54 Å². The van der Waals surface area contributed by atoms with Crippen molar-refractivity contribution in [3.05, 3.63) is 24.3 Å². The molecule has 0 saturated carbocycles. The monoisotopic (exact) mass is 273 g/mol. The largest absolute Gasteiger partial charge is 0.401 e. The van der Waals surface area contributed by atoms with Crippen molar-refractivity contribution in [2.24, 2.45) is 0 Å². The lowest BCUT2D eigenvalue weighted by molar-refractivity contribution is -0.146. The summed E-state index contributed by atoms with van der Waals surface area (Å²) in [5.41, 5.74) is 2.09. The maximum absolute atomic E-state index is 12.3. The summed E-state index contributed by atoms with van der Waals surface area (Å²) in [4.78, 5) is 3.57. The Morgan fingerprint density at radius 2 is 1.63 bits per heavy atom. The van der Waals surface area contributed by atoms with Crippen LogP contribution in [0.4, 0.5) is 24.5 Å². The molecule has 0 amide bonds. The van der Waals surface area contributed by atoms with E-state index in [1.165, 1.54) is 4.90 Å². The molecule has 2 rings (SSSR count). The highest BCUT2D eigenvalue weighted by Crippen LogP contribution is 2.21. The van der Waals surface area contributed by atoms with E-state index in [-0.39, 0.29) is 0 Å². The van der Waals surface area contributed by atoms with E-state index in [9.17, 15) is 13.2 Å². The maximum Gasteiger partial charge on any atom is 0.401 e. The zero-order valence-corrected chi connectivity index (χ0v) is 10.9. The summed E-state index contributed by atoms with van der Waals surface area (Å²) in [5.74, 6) is 0. The molecule has 0 unspecified atom stereocenters. The molecule has 1 saturated heterocycles. The molecule has 1 N–H and O–H groups in total. The maximum atomic E-state index is 12.3. The minimum absolute atomic E-state index is 0.452. The first-order valence-electron chi connectivity index (χ1n) is 6.30. The van der Waals surface area contributed by atoms with E-state index in [2.05, 4.69) is 10.2 Å². The van der Waals surface area contributed by atoms with Crippen molar-refractivity contribution in [1.82, 2.24) is 4.90 Å². The fourth-order valence-electron chi connectivity index (χ4n) is 2.26. The van der Waals surface area contributed by atoms with Gasteiger partial charge in [-0.05, 0) is 24.3 Å². The Bertz CT molecular complexity index is 395. The third-order valence-electron chi connectivity index (χ3n) is 3.30. The van der Waals surface area contributed by atoms with Crippen LogP contribution < -0.4 is 10.2 Å². The van der Waals surface area contributed by atoms with Crippen molar-refractivity contribution in [1.29, 1.82) is 0 Å². The fraction of sp³-hybridized carbons (Fsp3) is 0.538. The zero-order chi connectivity index (χ0) is 13.9. The van der Waals surface area contributed by atoms with E-state index >= 15 is 0 Å². The summed E-state index contributed by atoms with van der Waals surface area (Å²) in [5, 5.41) is 3.04. The number of alkyl halides is 3. The van der Waals surface area contributed by atoms with Crippen molar-refractivity contribution in [3.8, 4) is 0 Å². The predicted octanol–water partition coefficient (Wildman–Crippen LogP) is 2.41. The van der Waals surface area contributed by atoms with Crippen molar-refractivity contribution in [2.75, 3.05) is 50.0 Å². The van der Waals surface area contributed by atoms with Gasteiger partial charge in [0.2, 0.25) is 0 Å². The lowest BCUT2D eigenvalue weighted by atomic mass is 10.2. The highest BCUT2D eigenvalue weighted by atomic mass is 19.4. The minimum atomic E-state index is -4.10. The van der Waals surface area contributed by atoms with Gasteiger partial charge in [0.15, 0.2) is 0 Å². The van der Waals surface area contributed by atoms with Crippen molar-refractivity contribution < 1.29 is 13.2 Å². The van der Waals surface area contributed by atoms with Crippen molar-refractivity contribution in [2.45, 2.75) is 6.18 Å². The first kappa shape index (κ1) is 14.0. The Morgan fingerprint density at radius 1 is 1.05 bits per heavy atom. The number of anilines is 2.